The van der Waals surface area contributed by atoms with Gasteiger partial charge in [-0.25, -0.2) is 13.1 Å². The molecular formula is C16H25N3O4S. The fraction of sp³-hybridized carbons (Fsp3) is 0.562. The predicted molar refractivity (Wildman–Crippen MR) is 92.5 cm³/mol. The molecule has 1 aromatic rings. The van der Waals surface area contributed by atoms with Crippen molar-refractivity contribution in [3.63, 3.8) is 0 Å². The lowest BCUT2D eigenvalue weighted by Crippen LogP contribution is -2.45. The highest BCUT2D eigenvalue weighted by Gasteiger charge is 2.26. The molecule has 0 spiro atoms. The molecule has 7 nitrogen and oxygen atoms in total. The van der Waals surface area contributed by atoms with E-state index in [-0.39, 0.29) is 10.8 Å². The van der Waals surface area contributed by atoms with Gasteiger partial charge < -0.3 is 15.4 Å². The molecule has 0 bridgehead atoms. The molecule has 24 heavy (non-hydrogen) atoms. The van der Waals surface area contributed by atoms with Gasteiger partial charge in [0.2, 0.25) is 10.0 Å². The molecule has 0 aliphatic carbocycles. The van der Waals surface area contributed by atoms with Gasteiger partial charge in [-0.1, -0.05) is 6.07 Å². The Labute approximate surface area is 143 Å². The molecule has 2 rings (SSSR count). The van der Waals surface area contributed by atoms with Crippen LogP contribution in [-0.4, -0.2) is 45.7 Å². The van der Waals surface area contributed by atoms with Crippen molar-refractivity contribution in [3.8, 4) is 0 Å². The molecule has 3 N–H and O–H groups in total. The van der Waals surface area contributed by atoms with Crippen LogP contribution in [0, 0.1) is 6.92 Å². The molecule has 134 valence electrons. The third-order valence-corrected chi connectivity index (χ3v) is 5.39. The summed E-state index contributed by atoms with van der Waals surface area (Å²) in [6, 6.07) is 4.82. The summed E-state index contributed by atoms with van der Waals surface area (Å²) >= 11 is 0. The molecule has 1 atom stereocenters. The average Bonchev–Trinajstić information content (AvgIpc) is 2.47. The van der Waals surface area contributed by atoms with Gasteiger partial charge in [-0.15, -0.1) is 0 Å². The Bertz CT molecular complexity index is 705. The van der Waals surface area contributed by atoms with Gasteiger partial charge in [0, 0.05) is 24.3 Å². The van der Waals surface area contributed by atoms with Crippen molar-refractivity contribution in [2.45, 2.75) is 44.2 Å². The van der Waals surface area contributed by atoms with Crippen LogP contribution in [-0.2, 0) is 19.6 Å². The van der Waals surface area contributed by atoms with Crippen LogP contribution in [0.2, 0.25) is 0 Å². The first-order chi connectivity index (χ1) is 11.1. The van der Waals surface area contributed by atoms with Crippen LogP contribution in [0.4, 0.5) is 5.69 Å². The number of amides is 1. The number of nitrogens with one attached hydrogen (secondary N) is 3. The Morgan fingerprint density at radius 3 is 2.62 bits per heavy atom. The Morgan fingerprint density at radius 1 is 1.33 bits per heavy atom. The normalized spacial score (nSPS) is 19.1. The molecule has 1 aliphatic heterocycles. The second kappa shape index (κ2) is 7.18. The van der Waals surface area contributed by atoms with Crippen molar-refractivity contribution in [2.75, 3.05) is 25.0 Å². The Balaban J connectivity index is 2.23. The Kier molecular flexibility index (Phi) is 5.64. The zero-order chi connectivity index (χ0) is 18.0. The number of anilines is 1. The van der Waals surface area contributed by atoms with E-state index in [4.69, 9.17) is 4.74 Å². The zero-order valence-corrected chi connectivity index (χ0v) is 15.3. The lowest BCUT2D eigenvalue weighted by atomic mass is 10.1. The van der Waals surface area contributed by atoms with Crippen molar-refractivity contribution in [1.29, 1.82) is 0 Å². The van der Waals surface area contributed by atoms with E-state index in [0.717, 1.165) is 6.54 Å². The molecule has 1 saturated heterocycles. The minimum absolute atomic E-state index is 0.151. The van der Waals surface area contributed by atoms with E-state index in [1.54, 1.807) is 39.8 Å². The molecule has 1 heterocycles. The van der Waals surface area contributed by atoms with Crippen LogP contribution >= 0.6 is 0 Å². The third-order valence-electron chi connectivity index (χ3n) is 3.49. The summed E-state index contributed by atoms with van der Waals surface area (Å²) < 4.78 is 33.1. The minimum Gasteiger partial charge on any atom is -0.366 e. The maximum absolute atomic E-state index is 12.5. The Morgan fingerprint density at radius 2 is 2.04 bits per heavy atom. The minimum atomic E-state index is -3.68. The van der Waals surface area contributed by atoms with E-state index in [1.807, 2.05) is 0 Å². The van der Waals surface area contributed by atoms with Crippen molar-refractivity contribution >= 4 is 21.6 Å². The summed E-state index contributed by atoms with van der Waals surface area (Å²) in [7, 11) is -3.68. The molecule has 0 aromatic heterocycles. The number of rotatable bonds is 4. The largest absolute Gasteiger partial charge is 0.366 e. The van der Waals surface area contributed by atoms with Gasteiger partial charge in [-0.05, 0) is 45.4 Å². The highest BCUT2D eigenvalue weighted by atomic mass is 32.2. The molecule has 1 fully saturated rings. The average molecular weight is 355 g/mol. The lowest BCUT2D eigenvalue weighted by molar-refractivity contribution is -0.128. The Hall–Kier alpha value is -1.48. The van der Waals surface area contributed by atoms with Crippen molar-refractivity contribution in [1.82, 2.24) is 10.0 Å². The van der Waals surface area contributed by atoms with E-state index in [0.29, 0.717) is 24.4 Å². The SMILES string of the molecule is Cc1c(NC(=O)C2CNCCO2)cccc1S(=O)(=O)NC(C)(C)C. The lowest BCUT2D eigenvalue weighted by Gasteiger charge is -2.24. The number of ether oxygens (including phenoxy) is 1. The van der Waals surface area contributed by atoms with Gasteiger partial charge in [-0.3, -0.25) is 4.79 Å². The highest BCUT2D eigenvalue weighted by Crippen LogP contribution is 2.24. The maximum Gasteiger partial charge on any atom is 0.254 e. The summed E-state index contributed by atoms with van der Waals surface area (Å²) in [6.07, 6.45) is -0.578. The number of sulfonamides is 1. The van der Waals surface area contributed by atoms with Crippen LogP contribution in [0.5, 0.6) is 0 Å². The van der Waals surface area contributed by atoms with Crippen LogP contribution in [0.1, 0.15) is 26.3 Å². The van der Waals surface area contributed by atoms with Gasteiger partial charge in [0.1, 0.15) is 6.10 Å². The summed E-state index contributed by atoms with van der Waals surface area (Å²) in [5.41, 5.74) is 0.365. The summed E-state index contributed by atoms with van der Waals surface area (Å²) in [5.74, 6) is -0.288. The second-order valence-corrected chi connectivity index (χ2v) is 8.49. The number of hydrogen-bond donors (Lipinski definition) is 3. The number of benzene rings is 1. The summed E-state index contributed by atoms with van der Waals surface area (Å²) in [6.45, 7) is 8.63. The van der Waals surface area contributed by atoms with Gasteiger partial charge in [0.25, 0.3) is 5.91 Å². The van der Waals surface area contributed by atoms with Crippen molar-refractivity contribution < 1.29 is 17.9 Å². The van der Waals surface area contributed by atoms with Gasteiger partial charge in [-0.2, -0.15) is 0 Å². The van der Waals surface area contributed by atoms with Crippen molar-refractivity contribution in [2.24, 2.45) is 0 Å². The van der Waals surface area contributed by atoms with E-state index in [2.05, 4.69) is 15.4 Å². The highest BCUT2D eigenvalue weighted by molar-refractivity contribution is 7.89. The topological polar surface area (TPSA) is 96.5 Å². The van der Waals surface area contributed by atoms with Gasteiger partial charge in [0.15, 0.2) is 0 Å². The first-order valence-corrected chi connectivity index (χ1v) is 9.35. The molecule has 1 unspecified atom stereocenters. The quantitative estimate of drug-likeness (QED) is 0.749. The molecule has 1 aromatic carbocycles. The fourth-order valence-corrected chi connectivity index (χ4v) is 4.13. The van der Waals surface area contributed by atoms with Crippen LogP contribution in [0.25, 0.3) is 0 Å². The predicted octanol–water partition coefficient (Wildman–Crippen LogP) is 0.999. The van der Waals surface area contributed by atoms with E-state index >= 15 is 0 Å². The second-order valence-electron chi connectivity index (χ2n) is 6.84. The monoisotopic (exact) mass is 355 g/mol. The molecule has 1 aliphatic rings. The smallest absolute Gasteiger partial charge is 0.254 e. The van der Waals surface area contributed by atoms with Gasteiger partial charge in [0.05, 0.1) is 11.5 Å². The first-order valence-electron chi connectivity index (χ1n) is 7.87. The summed E-state index contributed by atoms with van der Waals surface area (Å²) in [5, 5.41) is 5.84. The standard InChI is InChI=1S/C16H25N3O4S/c1-11-12(18-15(20)13-10-17-8-9-23-13)6-5-7-14(11)24(21,22)19-16(2,3)4/h5-7,13,17,19H,8-10H2,1-4H3,(H,18,20). The third kappa shape index (κ3) is 4.76. The molecule has 0 saturated carbocycles. The van der Waals surface area contributed by atoms with Crippen LogP contribution < -0.4 is 15.4 Å². The zero-order valence-electron chi connectivity index (χ0n) is 14.5. The van der Waals surface area contributed by atoms with Gasteiger partial charge >= 0.3 is 0 Å². The molecular weight excluding hydrogens is 330 g/mol. The fourth-order valence-electron chi connectivity index (χ4n) is 2.45. The van der Waals surface area contributed by atoms with Crippen LogP contribution in [0.3, 0.4) is 0 Å². The number of carbonyl (C=O) groups excluding carboxylic acids is 1. The first kappa shape index (κ1) is 18.9. The molecule has 8 heteroatoms. The van der Waals surface area contributed by atoms with E-state index < -0.39 is 21.7 Å². The van der Waals surface area contributed by atoms with E-state index in [1.165, 1.54) is 6.07 Å². The van der Waals surface area contributed by atoms with Crippen LogP contribution in [0.15, 0.2) is 23.1 Å². The maximum atomic E-state index is 12.5. The summed E-state index contributed by atoms with van der Waals surface area (Å²) in [4.78, 5) is 12.4. The number of morpholine rings is 1. The van der Waals surface area contributed by atoms with Crippen molar-refractivity contribution in [3.05, 3.63) is 23.8 Å². The number of carbonyl (C=O) groups is 1. The molecule has 0 radical (unpaired) electrons. The van der Waals surface area contributed by atoms with E-state index in [9.17, 15) is 13.2 Å². The molecule has 1 amide bonds. The number of hydrogen-bond acceptors (Lipinski definition) is 5.